The first kappa shape index (κ1) is 37.2. The van der Waals surface area contributed by atoms with Gasteiger partial charge in [-0.3, -0.25) is 24.4 Å². The van der Waals surface area contributed by atoms with Crippen LogP contribution in [0.3, 0.4) is 0 Å². The lowest BCUT2D eigenvalue weighted by Gasteiger charge is -2.35. The molecule has 2 amide bonds. The highest BCUT2D eigenvalue weighted by Gasteiger charge is 2.38. The van der Waals surface area contributed by atoms with Crippen molar-refractivity contribution >= 4 is 40.0 Å². The van der Waals surface area contributed by atoms with Crippen LogP contribution >= 0.6 is 11.3 Å². The number of hydrogen-bond acceptors (Lipinski definition) is 10. The third kappa shape index (κ3) is 7.49. The molecule has 12 nitrogen and oxygen atoms in total. The number of amides is 2. The molecule has 6 bridgehead atoms. The van der Waals surface area contributed by atoms with E-state index in [1.807, 2.05) is 25.3 Å². The molecule has 1 aromatic carbocycles. The summed E-state index contributed by atoms with van der Waals surface area (Å²) in [5.74, 6) is -0.995. The molecule has 4 aromatic rings. The summed E-state index contributed by atoms with van der Waals surface area (Å²) < 4.78 is 19.9. The molecule has 0 saturated carbocycles. The Bertz CT molecular complexity index is 2010. The molecule has 13 heteroatoms. The molecule has 3 aliphatic rings. The van der Waals surface area contributed by atoms with Gasteiger partial charge in [-0.1, -0.05) is 26.8 Å². The first-order chi connectivity index (χ1) is 25.5. The second kappa shape index (κ2) is 15.3. The second-order valence-electron chi connectivity index (χ2n) is 15.3. The number of methoxy groups -OCH3 is 1. The molecule has 0 unspecified atom stereocenters. The van der Waals surface area contributed by atoms with E-state index >= 15 is 0 Å². The Morgan fingerprint density at radius 2 is 2.06 bits per heavy atom. The molecule has 3 aromatic heterocycles. The first-order valence-electron chi connectivity index (χ1n) is 18.7. The monoisotopic (exact) mass is 742 g/mol. The summed E-state index contributed by atoms with van der Waals surface area (Å²) in [6.07, 6.45) is 3.70. The van der Waals surface area contributed by atoms with Gasteiger partial charge in [0.15, 0.2) is 0 Å². The maximum Gasteiger partial charge on any atom is 0.324 e. The van der Waals surface area contributed by atoms with Crippen molar-refractivity contribution in [3.63, 3.8) is 0 Å². The summed E-state index contributed by atoms with van der Waals surface area (Å²) in [6.45, 7) is 12.2. The third-order valence-corrected chi connectivity index (χ3v) is 11.7. The summed E-state index contributed by atoms with van der Waals surface area (Å²) in [5, 5.41) is 8.28. The minimum Gasteiger partial charge on any atom is -0.464 e. The minimum atomic E-state index is -0.906. The number of nitrogens with one attached hydrogen (secondary N) is 2. The zero-order valence-electron chi connectivity index (χ0n) is 31.4. The van der Waals surface area contributed by atoms with Crippen molar-refractivity contribution in [1.29, 1.82) is 0 Å². The lowest BCUT2D eigenvalue weighted by atomic mass is 9.84. The summed E-state index contributed by atoms with van der Waals surface area (Å²) in [7, 11) is 1.70. The highest BCUT2D eigenvalue weighted by atomic mass is 32.1. The summed E-state index contributed by atoms with van der Waals surface area (Å²) in [5.41, 5.74) is 9.58. The number of hydrazine groups is 1. The van der Waals surface area contributed by atoms with Crippen LogP contribution in [0.25, 0.3) is 33.4 Å². The molecule has 0 aliphatic carbocycles. The number of carbonyl (C=O) groups excluding carboxylic acids is 3. The molecule has 7 rings (SSSR count). The molecular formula is C40H50N6O6S. The Labute approximate surface area is 314 Å². The number of esters is 1. The van der Waals surface area contributed by atoms with Gasteiger partial charge in [-0.25, -0.2) is 10.4 Å². The number of ether oxygens (including phenoxy) is 3. The number of benzene rings is 1. The normalized spacial score (nSPS) is 24.2. The van der Waals surface area contributed by atoms with Gasteiger partial charge in [0.1, 0.15) is 18.2 Å². The average Bonchev–Trinajstić information content (AvgIpc) is 3.89. The van der Waals surface area contributed by atoms with Gasteiger partial charge in [0, 0.05) is 72.2 Å². The fourth-order valence-corrected chi connectivity index (χ4v) is 8.70. The predicted molar refractivity (Wildman–Crippen MR) is 203 cm³/mol. The number of nitrogens with zero attached hydrogens (tertiary/aromatic N) is 4. The summed E-state index contributed by atoms with van der Waals surface area (Å²) in [4.78, 5) is 51.0. The standard InChI is InChI=1S/C40H50N6O6S/c1-7-45-32-13-12-25-18-27(32)28(35(45)26-10-8-15-41-34(26)24(3)50-6)20-40(4,5)22-52-39(49)29-11-9-16-46(44-29)38(48)30(19-33-42-31(25)21-53-33)43-37(47)36-23(2)14-17-51-36/h8,10,12-13,15,18,21,23-24,29-30,36,44H,7,9,11,14,16-17,19-20,22H2,1-6H3,(H,43,47)/t23-,24+,29+,30+,36+/m1/s1. The fraction of sp³-hybridized carbons (Fsp3) is 0.525. The van der Waals surface area contributed by atoms with Crippen molar-refractivity contribution in [2.24, 2.45) is 11.3 Å². The molecule has 3 aliphatic heterocycles. The molecule has 53 heavy (non-hydrogen) atoms. The SMILES string of the molecule is CCn1c(-c2cccnc2[C@H](C)OC)c2c3cc(ccc31)-c1csc(n1)C[C@H](NC(=O)[C@H]1OCC[C@H]1C)C(=O)N1CCC[C@H](N1)C(=O)OCC(C)(C)C2. The number of thiazole rings is 1. The van der Waals surface area contributed by atoms with Crippen molar-refractivity contribution in [1.82, 2.24) is 30.3 Å². The fourth-order valence-electron chi connectivity index (χ4n) is 7.85. The zero-order chi connectivity index (χ0) is 37.4. The van der Waals surface area contributed by atoms with Gasteiger partial charge in [-0.2, -0.15) is 0 Å². The summed E-state index contributed by atoms with van der Waals surface area (Å²) in [6, 6.07) is 8.91. The molecule has 2 N–H and O–H groups in total. The van der Waals surface area contributed by atoms with Crippen LogP contribution < -0.4 is 10.7 Å². The van der Waals surface area contributed by atoms with Gasteiger partial charge in [0.2, 0.25) is 5.91 Å². The summed E-state index contributed by atoms with van der Waals surface area (Å²) >= 11 is 1.46. The Hall–Kier alpha value is -4.17. The van der Waals surface area contributed by atoms with Crippen LogP contribution in [0.1, 0.15) is 76.3 Å². The largest absolute Gasteiger partial charge is 0.464 e. The quantitative estimate of drug-likeness (QED) is 0.241. The van der Waals surface area contributed by atoms with Crippen molar-refractivity contribution in [3.8, 4) is 22.5 Å². The number of aromatic nitrogens is 3. The number of carbonyl (C=O) groups is 3. The maximum atomic E-state index is 14.1. The molecule has 6 heterocycles. The molecule has 2 fully saturated rings. The van der Waals surface area contributed by atoms with Crippen LogP contribution in [0.5, 0.6) is 0 Å². The number of rotatable bonds is 6. The van der Waals surface area contributed by atoms with E-state index in [1.54, 1.807) is 13.3 Å². The second-order valence-corrected chi connectivity index (χ2v) is 16.3. The highest BCUT2D eigenvalue weighted by molar-refractivity contribution is 7.10. The number of pyridine rings is 1. The van der Waals surface area contributed by atoms with E-state index in [0.29, 0.717) is 32.4 Å². The van der Waals surface area contributed by atoms with Crippen LogP contribution in [0, 0.1) is 11.3 Å². The van der Waals surface area contributed by atoms with E-state index < -0.39 is 29.6 Å². The van der Waals surface area contributed by atoms with Gasteiger partial charge < -0.3 is 24.1 Å². The lowest BCUT2D eigenvalue weighted by molar-refractivity contribution is -0.155. The third-order valence-electron chi connectivity index (χ3n) is 10.8. The lowest BCUT2D eigenvalue weighted by Crippen LogP contribution is -2.61. The molecule has 0 spiro atoms. The van der Waals surface area contributed by atoms with Gasteiger partial charge in [0.05, 0.1) is 34.8 Å². The zero-order valence-corrected chi connectivity index (χ0v) is 32.3. The highest BCUT2D eigenvalue weighted by Crippen LogP contribution is 2.42. The van der Waals surface area contributed by atoms with Gasteiger partial charge in [-0.15, -0.1) is 11.3 Å². The van der Waals surface area contributed by atoms with Crippen molar-refractivity contribution < 1.29 is 28.6 Å². The molecule has 5 atom stereocenters. The van der Waals surface area contributed by atoms with E-state index in [1.165, 1.54) is 16.3 Å². The number of hydrogen-bond donors (Lipinski definition) is 2. The molecular weight excluding hydrogens is 693 g/mol. The van der Waals surface area contributed by atoms with Crippen LogP contribution in [0.2, 0.25) is 0 Å². The smallest absolute Gasteiger partial charge is 0.324 e. The average molecular weight is 743 g/mol. The number of cyclic esters (lactones) is 1. The van der Waals surface area contributed by atoms with Crippen LogP contribution in [-0.4, -0.2) is 82.4 Å². The Morgan fingerprint density at radius 3 is 2.81 bits per heavy atom. The Morgan fingerprint density at radius 1 is 1.23 bits per heavy atom. The topological polar surface area (TPSA) is 137 Å². The maximum absolute atomic E-state index is 14.1. The van der Waals surface area contributed by atoms with Crippen molar-refractivity contribution in [2.45, 2.75) is 97.6 Å². The van der Waals surface area contributed by atoms with Gasteiger partial charge in [0.25, 0.3) is 5.91 Å². The molecule has 2 saturated heterocycles. The van der Waals surface area contributed by atoms with Crippen LogP contribution in [0.4, 0.5) is 0 Å². The first-order valence-corrected chi connectivity index (χ1v) is 19.6. The Kier molecular flexibility index (Phi) is 10.7. The van der Waals surface area contributed by atoms with E-state index in [0.717, 1.165) is 62.6 Å². The van der Waals surface area contributed by atoms with E-state index in [4.69, 9.17) is 24.2 Å². The van der Waals surface area contributed by atoms with Gasteiger partial charge >= 0.3 is 5.97 Å². The number of aryl methyl sites for hydroxylation is 1. The molecule has 0 radical (unpaired) electrons. The Balaban J connectivity index is 1.34. The molecule has 282 valence electrons. The minimum absolute atomic E-state index is 0.0447. The van der Waals surface area contributed by atoms with Gasteiger partial charge in [-0.05, 0) is 75.3 Å². The van der Waals surface area contributed by atoms with Crippen LogP contribution in [0.15, 0.2) is 41.9 Å². The van der Waals surface area contributed by atoms with Crippen molar-refractivity contribution in [2.75, 3.05) is 26.9 Å². The predicted octanol–water partition coefficient (Wildman–Crippen LogP) is 5.63. The van der Waals surface area contributed by atoms with Crippen LogP contribution in [-0.2, 0) is 48.0 Å². The van der Waals surface area contributed by atoms with E-state index in [9.17, 15) is 14.4 Å². The van der Waals surface area contributed by atoms with E-state index in [-0.39, 0.29) is 36.9 Å². The van der Waals surface area contributed by atoms with Crippen molar-refractivity contribution in [3.05, 3.63) is 58.2 Å². The number of fused-ring (bicyclic) bond motifs is 6. The van der Waals surface area contributed by atoms with E-state index in [2.05, 4.69) is 60.3 Å².